The van der Waals surface area contributed by atoms with Crippen LogP contribution >= 0.6 is 0 Å². The van der Waals surface area contributed by atoms with Gasteiger partial charge in [-0.3, -0.25) is 4.99 Å². The zero-order valence-corrected chi connectivity index (χ0v) is 8.53. The van der Waals surface area contributed by atoms with Gasteiger partial charge in [-0.15, -0.1) is 0 Å². The fourth-order valence-corrected chi connectivity index (χ4v) is 1.53. The second-order valence-corrected chi connectivity index (χ2v) is 3.36. The van der Waals surface area contributed by atoms with Gasteiger partial charge in [0, 0.05) is 18.3 Å². The molecule has 72 valence electrons. The topological polar surface area (TPSA) is 38.4 Å². The van der Waals surface area contributed by atoms with Crippen molar-refractivity contribution >= 4 is 16.7 Å². The van der Waals surface area contributed by atoms with Crippen LogP contribution in [0.4, 0.5) is 0 Å². The van der Waals surface area contributed by atoms with Gasteiger partial charge in [-0.05, 0) is 31.5 Å². The van der Waals surface area contributed by atoms with Crippen molar-refractivity contribution in [1.29, 1.82) is 0 Å². The molecular formula is C11H12N2O. The normalized spacial score (nSPS) is 12.4. The third-order valence-electron chi connectivity index (χ3n) is 2.34. The summed E-state index contributed by atoms with van der Waals surface area (Å²) >= 11 is 0. The predicted octanol–water partition coefficient (Wildman–Crippen LogP) is 2.58. The van der Waals surface area contributed by atoms with Crippen molar-refractivity contribution in [3.05, 3.63) is 29.5 Å². The van der Waals surface area contributed by atoms with Crippen molar-refractivity contribution in [3.63, 3.8) is 0 Å². The van der Waals surface area contributed by atoms with Crippen LogP contribution in [0.1, 0.15) is 18.1 Å². The number of rotatable bonds is 1. The highest BCUT2D eigenvalue weighted by Gasteiger charge is 2.07. The maximum atomic E-state index is 5.13. The van der Waals surface area contributed by atoms with Gasteiger partial charge in [0.15, 0.2) is 5.58 Å². The number of nitrogens with zero attached hydrogens (tertiary/aromatic N) is 2. The Kier molecular flexibility index (Phi) is 2.08. The Morgan fingerprint density at radius 2 is 2.21 bits per heavy atom. The van der Waals surface area contributed by atoms with Gasteiger partial charge in [0.1, 0.15) is 0 Å². The first-order valence-corrected chi connectivity index (χ1v) is 4.51. The van der Waals surface area contributed by atoms with Gasteiger partial charge in [-0.1, -0.05) is 5.16 Å². The zero-order chi connectivity index (χ0) is 10.1. The van der Waals surface area contributed by atoms with Gasteiger partial charge < -0.3 is 4.52 Å². The summed E-state index contributed by atoms with van der Waals surface area (Å²) in [6, 6.07) is 4.08. The van der Waals surface area contributed by atoms with E-state index in [1.54, 1.807) is 13.2 Å². The molecule has 2 aromatic rings. The van der Waals surface area contributed by atoms with Crippen LogP contribution in [0.15, 0.2) is 27.8 Å². The van der Waals surface area contributed by atoms with Gasteiger partial charge in [-0.25, -0.2) is 0 Å². The fourth-order valence-electron chi connectivity index (χ4n) is 1.53. The Hall–Kier alpha value is -1.64. The first-order valence-electron chi connectivity index (χ1n) is 4.51. The summed E-state index contributed by atoms with van der Waals surface area (Å²) in [4.78, 5) is 4.18. The smallest absolute Gasteiger partial charge is 0.167 e. The van der Waals surface area contributed by atoms with Crippen molar-refractivity contribution in [2.24, 2.45) is 4.99 Å². The molecule has 0 aliphatic heterocycles. The van der Waals surface area contributed by atoms with Gasteiger partial charge in [0.25, 0.3) is 0 Å². The van der Waals surface area contributed by atoms with Crippen LogP contribution in [-0.2, 0) is 0 Å². The summed E-state index contributed by atoms with van der Waals surface area (Å²) in [7, 11) is 1.79. The Labute approximate surface area is 82.4 Å². The van der Waals surface area contributed by atoms with Crippen LogP contribution in [0.5, 0.6) is 0 Å². The van der Waals surface area contributed by atoms with E-state index in [-0.39, 0.29) is 0 Å². The average molecular weight is 188 g/mol. The minimum Gasteiger partial charge on any atom is -0.356 e. The van der Waals surface area contributed by atoms with E-state index in [4.69, 9.17) is 4.52 Å². The lowest BCUT2D eigenvalue weighted by Gasteiger charge is -2.02. The predicted molar refractivity (Wildman–Crippen MR) is 56.9 cm³/mol. The minimum absolute atomic E-state index is 0.822. The van der Waals surface area contributed by atoms with Crippen molar-refractivity contribution in [3.8, 4) is 0 Å². The molecule has 0 N–H and O–H groups in total. The van der Waals surface area contributed by atoms with E-state index in [9.17, 15) is 0 Å². The number of aliphatic imine (C=N–C) groups is 1. The molecule has 0 aliphatic rings. The summed E-state index contributed by atoms with van der Waals surface area (Å²) in [5.41, 5.74) is 4.08. The lowest BCUT2D eigenvalue weighted by molar-refractivity contribution is 0.456. The van der Waals surface area contributed by atoms with E-state index in [0.29, 0.717) is 0 Å². The molecule has 0 saturated carbocycles. The zero-order valence-electron chi connectivity index (χ0n) is 8.53. The van der Waals surface area contributed by atoms with Gasteiger partial charge >= 0.3 is 0 Å². The lowest BCUT2D eigenvalue weighted by Crippen LogP contribution is -1.95. The molecule has 0 bridgehead atoms. The molecule has 0 atom stereocenters. The maximum absolute atomic E-state index is 5.13. The summed E-state index contributed by atoms with van der Waals surface area (Å²) in [6.45, 7) is 4.02. The average Bonchev–Trinajstić information content (AvgIpc) is 2.62. The second kappa shape index (κ2) is 3.25. The largest absolute Gasteiger partial charge is 0.356 e. The monoisotopic (exact) mass is 188 g/mol. The quantitative estimate of drug-likeness (QED) is 0.645. The van der Waals surface area contributed by atoms with Gasteiger partial charge in [0.05, 0.1) is 11.6 Å². The van der Waals surface area contributed by atoms with Crippen molar-refractivity contribution < 1.29 is 4.52 Å². The molecule has 2 rings (SSSR count). The number of benzene rings is 1. The first kappa shape index (κ1) is 8.94. The molecule has 0 unspecified atom stereocenters. The van der Waals surface area contributed by atoms with Gasteiger partial charge in [0.2, 0.25) is 0 Å². The van der Waals surface area contributed by atoms with Crippen LogP contribution in [0, 0.1) is 6.92 Å². The van der Waals surface area contributed by atoms with E-state index in [1.807, 2.05) is 19.9 Å². The SMILES string of the molecule is CN=C(C)c1cc(C)cc2oncc12. The van der Waals surface area contributed by atoms with Crippen LogP contribution < -0.4 is 0 Å². The Bertz CT molecular complexity index is 497. The van der Waals surface area contributed by atoms with E-state index in [1.165, 1.54) is 0 Å². The molecule has 3 heteroatoms. The van der Waals surface area contributed by atoms with Crippen molar-refractivity contribution in [1.82, 2.24) is 5.16 Å². The minimum atomic E-state index is 0.822. The maximum Gasteiger partial charge on any atom is 0.167 e. The molecule has 1 aromatic carbocycles. The molecule has 14 heavy (non-hydrogen) atoms. The number of fused-ring (bicyclic) bond motifs is 1. The summed E-state index contributed by atoms with van der Waals surface area (Å²) in [6.07, 6.45) is 1.73. The highest BCUT2D eigenvalue weighted by Crippen LogP contribution is 2.21. The summed E-state index contributed by atoms with van der Waals surface area (Å²) < 4.78 is 5.13. The highest BCUT2D eigenvalue weighted by atomic mass is 16.5. The molecule has 0 amide bonds. The second-order valence-electron chi connectivity index (χ2n) is 3.36. The van der Waals surface area contributed by atoms with Crippen LogP contribution in [-0.4, -0.2) is 17.9 Å². The van der Waals surface area contributed by atoms with Crippen molar-refractivity contribution in [2.45, 2.75) is 13.8 Å². The van der Waals surface area contributed by atoms with E-state index in [2.05, 4.69) is 16.2 Å². The summed E-state index contributed by atoms with van der Waals surface area (Å²) in [5, 5.41) is 4.82. The molecule has 1 aromatic heterocycles. The van der Waals surface area contributed by atoms with Crippen LogP contribution in [0.3, 0.4) is 0 Å². The molecule has 0 radical (unpaired) electrons. The Morgan fingerprint density at radius 1 is 1.43 bits per heavy atom. The standard InChI is InChI=1S/C11H12N2O/c1-7-4-9(8(2)12-3)10-6-13-14-11(10)5-7/h4-6H,1-3H3. The molecule has 0 fully saturated rings. The van der Waals surface area contributed by atoms with Gasteiger partial charge in [-0.2, -0.15) is 0 Å². The number of aromatic nitrogens is 1. The number of aryl methyl sites for hydroxylation is 1. The summed E-state index contributed by atoms with van der Waals surface area (Å²) in [5.74, 6) is 0. The molecular weight excluding hydrogens is 176 g/mol. The fraction of sp³-hybridized carbons (Fsp3) is 0.273. The number of hydrogen-bond donors (Lipinski definition) is 0. The third-order valence-corrected chi connectivity index (χ3v) is 2.34. The Balaban J connectivity index is 2.79. The molecule has 1 heterocycles. The van der Waals surface area contributed by atoms with E-state index >= 15 is 0 Å². The lowest BCUT2D eigenvalue weighted by atomic mass is 10.0. The highest BCUT2D eigenvalue weighted by molar-refractivity contribution is 6.08. The van der Waals surface area contributed by atoms with E-state index in [0.717, 1.165) is 27.8 Å². The van der Waals surface area contributed by atoms with Crippen LogP contribution in [0.2, 0.25) is 0 Å². The van der Waals surface area contributed by atoms with Crippen molar-refractivity contribution in [2.75, 3.05) is 7.05 Å². The molecule has 3 nitrogen and oxygen atoms in total. The van der Waals surface area contributed by atoms with Crippen LogP contribution in [0.25, 0.3) is 11.0 Å². The number of hydrogen-bond acceptors (Lipinski definition) is 3. The van der Waals surface area contributed by atoms with E-state index < -0.39 is 0 Å². The third kappa shape index (κ3) is 1.31. The molecule has 0 saturated heterocycles. The molecule has 0 aliphatic carbocycles. The Morgan fingerprint density at radius 3 is 2.93 bits per heavy atom. The first-order chi connectivity index (χ1) is 6.72. The molecule has 0 spiro atoms.